The van der Waals surface area contributed by atoms with Gasteiger partial charge in [0.1, 0.15) is 0 Å². The molecule has 2 atom stereocenters. The molecule has 5 nitrogen and oxygen atoms in total. The minimum atomic E-state index is -3.72. The number of hydrogen-bond donors (Lipinski definition) is 2. The fraction of sp³-hybridized carbons (Fsp3) is 0.500. The molecule has 2 unspecified atom stereocenters. The van der Waals surface area contributed by atoms with Gasteiger partial charge in [0.05, 0.1) is 10.5 Å². The Labute approximate surface area is 132 Å². The number of benzene rings is 1. The van der Waals surface area contributed by atoms with Gasteiger partial charge in [0.15, 0.2) is 0 Å². The SMILES string of the molecule is CCCC1CC1NS(=O)(=O)c1cc(C(=O)O)cc(C)c1Br. The van der Waals surface area contributed by atoms with Crippen molar-refractivity contribution >= 4 is 31.9 Å². The fourth-order valence-electron chi connectivity index (χ4n) is 2.40. The Morgan fingerprint density at radius 3 is 2.71 bits per heavy atom. The second-order valence-corrected chi connectivity index (χ2v) is 7.90. The van der Waals surface area contributed by atoms with E-state index in [0.717, 1.165) is 19.3 Å². The molecule has 116 valence electrons. The van der Waals surface area contributed by atoms with Gasteiger partial charge in [-0.25, -0.2) is 17.9 Å². The predicted molar refractivity (Wildman–Crippen MR) is 83.0 cm³/mol. The van der Waals surface area contributed by atoms with Crippen molar-refractivity contribution in [1.82, 2.24) is 4.72 Å². The number of hydrogen-bond acceptors (Lipinski definition) is 3. The van der Waals surface area contributed by atoms with Crippen LogP contribution < -0.4 is 4.72 Å². The molecular weight excluding hydrogens is 358 g/mol. The third-order valence-electron chi connectivity index (χ3n) is 3.65. The Balaban J connectivity index is 2.30. The van der Waals surface area contributed by atoms with Gasteiger partial charge >= 0.3 is 5.97 Å². The summed E-state index contributed by atoms with van der Waals surface area (Å²) in [6.45, 7) is 3.74. The van der Waals surface area contributed by atoms with Crippen LogP contribution in [0.25, 0.3) is 0 Å². The first-order chi connectivity index (χ1) is 9.76. The Bertz CT molecular complexity index is 672. The first kappa shape index (κ1) is 16.5. The molecule has 1 aromatic rings. The highest BCUT2D eigenvalue weighted by molar-refractivity contribution is 9.10. The number of aromatic carboxylic acids is 1. The van der Waals surface area contributed by atoms with Crippen LogP contribution >= 0.6 is 15.9 Å². The number of halogens is 1. The van der Waals surface area contributed by atoms with Crippen molar-refractivity contribution in [2.75, 3.05) is 0 Å². The van der Waals surface area contributed by atoms with E-state index in [1.165, 1.54) is 12.1 Å². The first-order valence-electron chi connectivity index (χ1n) is 6.82. The Hall–Kier alpha value is -0.920. The third-order valence-corrected chi connectivity index (χ3v) is 6.48. The summed E-state index contributed by atoms with van der Waals surface area (Å²) in [5.41, 5.74) is 0.549. The van der Waals surface area contributed by atoms with Gasteiger partial charge in [0, 0.05) is 10.5 Å². The lowest BCUT2D eigenvalue weighted by Crippen LogP contribution is -2.27. The van der Waals surface area contributed by atoms with Crippen LogP contribution in [0.15, 0.2) is 21.5 Å². The molecule has 0 aliphatic heterocycles. The Kier molecular flexibility index (Phi) is 4.75. The number of aryl methyl sites for hydroxylation is 1. The van der Waals surface area contributed by atoms with Crippen molar-refractivity contribution < 1.29 is 18.3 Å². The van der Waals surface area contributed by atoms with E-state index in [0.29, 0.717) is 16.0 Å². The van der Waals surface area contributed by atoms with Crippen LogP contribution in [0.3, 0.4) is 0 Å². The lowest BCUT2D eigenvalue weighted by atomic mass is 10.1. The molecule has 2 rings (SSSR count). The number of carbonyl (C=O) groups is 1. The van der Waals surface area contributed by atoms with Crippen molar-refractivity contribution in [3.63, 3.8) is 0 Å². The van der Waals surface area contributed by atoms with Gasteiger partial charge in [0.25, 0.3) is 0 Å². The summed E-state index contributed by atoms with van der Waals surface area (Å²) >= 11 is 3.24. The maximum Gasteiger partial charge on any atom is 0.335 e. The zero-order valence-electron chi connectivity index (χ0n) is 11.9. The van der Waals surface area contributed by atoms with Crippen LogP contribution in [0.2, 0.25) is 0 Å². The van der Waals surface area contributed by atoms with E-state index in [1.807, 2.05) is 0 Å². The highest BCUT2D eigenvalue weighted by atomic mass is 79.9. The summed E-state index contributed by atoms with van der Waals surface area (Å²) in [5.74, 6) is -0.746. The molecule has 7 heteroatoms. The van der Waals surface area contributed by atoms with Gasteiger partial charge in [-0.3, -0.25) is 0 Å². The monoisotopic (exact) mass is 375 g/mol. The summed E-state index contributed by atoms with van der Waals surface area (Å²) in [7, 11) is -3.72. The minimum absolute atomic E-state index is 0.0120. The lowest BCUT2D eigenvalue weighted by Gasteiger charge is -2.11. The van der Waals surface area contributed by atoms with Crippen molar-refractivity contribution in [3.05, 3.63) is 27.7 Å². The number of sulfonamides is 1. The lowest BCUT2D eigenvalue weighted by molar-refractivity contribution is 0.0696. The van der Waals surface area contributed by atoms with E-state index in [2.05, 4.69) is 27.6 Å². The molecule has 21 heavy (non-hydrogen) atoms. The summed E-state index contributed by atoms with van der Waals surface area (Å²) < 4.78 is 28.0. The zero-order valence-corrected chi connectivity index (χ0v) is 14.3. The van der Waals surface area contributed by atoms with Crippen LogP contribution in [0.5, 0.6) is 0 Å². The van der Waals surface area contributed by atoms with E-state index in [4.69, 9.17) is 5.11 Å². The van der Waals surface area contributed by atoms with Gasteiger partial charge in [-0.2, -0.15) is 0 Å². The molecule has 1 aliphatic rings. The summed E-state index contributed by atoms with van der Waals surface area (Å²) in [4.78, 5) is 11.1. The molecule has 0 bridgehead atoms. The topological polar surface area (TPSA) is 83.5 Å². The van der Waals surface area contributed by atoms with Gasteiger partial charge in [-0.05, 0) is 59.3 Å². The Morgan fingerprint density at radius 2 is 2.14 bits per heavy atom. The van der Waals surface area contributed by atoms with E-state index in [9.17, 15) is 13.2 Å². The number of nitrogens with one attached hydrogen (secondary N) is 1. The number of rotatable bonds is 6. The highest BCUT2D eigenvalue weighted by Crippen LogP contribution is 2.36. The molecule has 0 amide bonds. The van der Waals surface area contributed by atoms with Crippen LogP contribution in [0.1, 0.15) is 42.1 Å². The second kappa shape index (κ2) is 6.06. The quantitative estimate of drug-likeness (QED) is 0.800. The maximum atomic E-state index is 12.4. The molecule has 0 spiro atoms. The average molecular weight is 376 g/mol. The largest absolute Gasteiger partial charge is 0.478 e. The van der Waals surface area contributed by atoms with E-state index in [-0.39, 0.29) is 16.5 Å². The number of carboxylic acids is 1. The minimum Gasteiger partial charge on any atom is -0.478 e. The molecule has 0 aromatic heterocycles. The normalized spacial score (nSPS) is 21.3. The molecule has 0 radical (unpaired) electrons. The summed E-state index contributed by atoms with van der Waals surface area (Å²) in [6, 6.07) is 2.61. The third kappa shape index (κ3) is 3.64. The van der Waals surface area contributed by atoms with Crippen molar-refractivity contribution in [3.8, 4) is 0 Å². The van der Waals surface area contributed by atoms with E-state index < -0.39 is 16.0 Å². The van der Waals surface area contributed by atoms with Crippen molar-refractivity contribution in [2.45, 2.75) is 44.0 Å². The van der Waals surface area contributed by atoms with Crippen molar-refractivity contribution in [1.29, 1.82) is 0 Å². The van der Waals surface area contributed by atoms with Crippen LogP contribution in [0.4, 0.5) is 0 Å². The molecular formula is C14H18BrNO4S. The van der Waals surface area contributed by atoms with Gasteiger partial charge in [0.2, 0.25) is 10.0 Å². The number of carboxylic acid groups (broad SMARTS) is 1. The summed E-state index contributed by atoms with van der Waals surface area (Å²) in [5, 5.41) is 9.07. The second-order valence-electron chi connectivity index (χ2n) is 5.42. The summed E-state index contributed by atoms with van der Waals surface area (Å²) in [6.07, 6.45) is 2.88. The van der Waals surface area contributed by atoms with Crippen LogP contribution in [-0.2, 0) is 10.0 Å². The molecule has 0 heterocycles. The molecule has 1 saturated carbocycles. The molecule has 1 fully saturated rings. The zero-order chi connectivity index (χ0) is 15.8. The maximum absolute atomic E-state index is 12.4. The molecule has 0 saturated heterocycles. The average Bonchev–Trinajstić information content (AvgIpc) is 3.09. The molecule has 1 aromatic carbocycles. The van der Waals surface area contributed by atoms with Crippen LogP contribution in [0, 0.1) is 12.8 Å². The Morgan fingerprint density at radius 1 is 1.48 bits per heavy atom. The van der Waals surface area contributed by atoms with Gasteiger partial charge in [-0.15, -0.1) is 0 Å². The predicted octanol–water partition coefficient (Wildman–Crippen LogP) is 2.92. The highest BCUT2D eigenvalue weighted by Gasteiger charge is 2.39. The van der Waals surface area contributed by atoms with E-state index in [1.54, 1.807) is 6.92 Å². The van der Waals surface area contributed by atoms with Gasteiger partial charge < -0.3 is 5.11 Å². The first-order valence-corrected chi connectivity index (χ1v) is 9.09. The van der Waals surface area contributed by atoms with Crippen molar-refractivity contribution in [2.24, 2.45) is 5.92 Å². The fourth-order valence-corrected chi connectivity index (χ4v) is 4.76. The standard InChI is InChI=1S/C14H18BrNO4S/c1-3-4-9-6-11(9)16-21(19,20)12-7-10(14(17)18)5-8(2)13(12)15/h5,7,9,11,16H,3-4,6H2,1-2H3,(H,17,18). The van der Waals surface area contributed by atoms with E-state index >= 15 is 0 Å². The van der Waals surface area contributed by atoms with Gasteiger partial charge in [-0.1, -0.05) is 13.3 Å². The molecule has 1 aliphatic carbocycles. The molecule has 2 N–H and O–H groups in total. The van der Waals surface area contributed by atoms with Crippen LogP contribution in [-0.4, -0.2) is 25.5 Å². The smallest absolute Gasteiger partial charge is 0.335 e.